The molecule has 8 nitrogen and oxygen atoms in total. The Kier molecular flexibility index (Phi) is 9.64. The molecule has 42 heavy (non-hydrogen) atoms. The Labute approximate surface area is 248 Å². The minimum Gasteiger partial charge on any atom is -0.427 e. The molecule has 1 amide bonds. The minimum absolute atomic E-state index is 0.156. The molecule has 0 bridgehead atoms. The van der Waals surface area contributed by atoms with Crippen LogP contribution in [0.5, 0.6) is 0 Å². The number of nitrogens with one attached hydrogen (secondary N) is 1. The second-order valence-electron chi connectivity index (χ2n) is 9.80. The topological polar surface area (TPSA) is 103 Å². The predicted octanol–water partition coefficient (Wildman–Crippen LogP) is 6.11. The number of ketones is 1. The van der Waals surface area contributed by atoms with E-state index in [2.05, 4.69) is 22.1 Å². The van der Waals surface area contributed by atoms with Gasteiger partial charge in [0.25, 0.3) is 5.91 Å². The van der Waals surface area contributed by atoms with Gasteiger partial charge in [-0.05, 0) is 93.1 Å². The lowest BCUT2D eigenvalue weighted by Gasteiger charge is -2.15. The number of aryl methyl sites for hydroxylation is 2. The molecule has 0 spiro atoms. The summed E-state index contributed by atoms with van der Waals surface area (Å²) >= 11 is 6.05. The summed E-state index contributed by atoms with van der Waals surface area (Å²) in [5, 5.41) is 7.52. The fourth-order valence-electron chi connectivity index (χ4n) is 4.85. The van der Waals surface area contributed by atoms with Crippen LogP contribution in [0, 0.1) is 25.6 Å². The number of amides is 1. The first kappa shape index (κ1) is 30.3. The summed E-state index contributed by atoms with van der Waals surface area (Å²) < 4.78 is 20.9. The van der Waals surface area contributed by atoms with Gasteiger partial charge in [0.05, 0.1) is 28.0 Å². The Bertz CT molecular complexity index is 1610. The van der Waals surface area contributed by atoms with Crippen molar-refractivity contribution in [1.82, 2.24) is 15.1 Å². The first-order valence-electron chi connectivity index (χ1n) is 13.3. The first-order chi connectivity index (χ1) is 20.1. The highest BCUT2D eigenvalue weighted by Crippen LogP contribution is 2.40. The molecule has 0 saturated carbocycles. The van der Waals surface area contributed by atoms with Crippen LogP contribution >= 0.6 is 11.6 Å². The highest BCUT2D eigenvalue weighted by molar-refractivity contribution is 6.30. The number of aliphatic imine (C=N–C) groups is 1. The Morgan fingerprint density at radius 2 is 1.93 bits per heavy atom. The SMILES string of the molecule is C=N/C(=C\C=C/C)C(=O)NCCC1CC(OC(=O)c2ccc(F)cc2)=C(c2c(C)cc(-n3cc(Cl)cn3)cc2C)C1=O. The zero-order chi connectivity index (χ0) is 30.4. The van der Waals surface area contributed by atoms with Crippen LogP contribution in [0.1, 0.15) is 46.8 Å². The van der Waals surface area contributed by atoms with Gasteiger partial charge in [-0.3, -0.25) is 14.6 Å². The van der Waals surface area contributed by atoms with Crippen molar-refractivity contribution in [1.29, 1.82) is 0 Å². The zero-order valence-electron chi connectivity index (χ0n) is 23.5. The molecule has 1 unspecified atom stereocenters. The van der Waals surface area contributed by atoms with Crippen molar-refractivity contribution in [2.75, 3.05) is 6.54 Å². The van der Waals surface area contributed by atoms with Crippen LogP contribution in [0.15, 0.2) is 83.5 Å². The Balaban J connectivity index is 1.63. The maximum absolute atomic E-state index is 13.9. The van der Waals surface area contributed by atoms with Gasteiger partial charge in [-0.25, -0.2) is 13.9 Å². The van der Waals surface area contributed by atoms with Gasteiger partial charge < -0.3 is 10.1 Å². The van der Waals surface area contributed by atoms with E-state index < -0.39 is 23.6 Å². The van der Waals surface area contributed by atoms with E-state index in [-0.39, 0.29) is 35.8 Å². The Morgan fingerprint density at radius 1 is 1.24 bits per heavy atom. The highest BCUT2D eigenvalue weighted by Gasteiger charge is 2.37. The van der Waals surface area contributed by atoms with Crippen LogP contribution in [0.2, 0.25) is 5.02 Å². The highest BCUT2D eigenvalue weighted by atomic mass is 35.5. The molecule has 3 aromatic rings. The molecule has 1 aliphatic carbocycles. The molecule has 0 aliphatic heterocycles. The second-order valence-corrected chi connectivity index (χ2v) is 10.2. The second kappa shape index (κ2) is 13.4. The molecule has 10 heteroatoms. The van der Waals surface area contributed by atoms with E-state index in [1.807, 2.05) is 32.9 Å². The number of allylic oxidation sites excluding steroid dienone is 5. The van der Waals surface area contributed by atoms with E-state index in [1.54, 1.807) is 29.1 Å². The normalized spacial score (nSPS) is 15.4. The average molecular weight is 589 g/mol. The van der Waals surface area contributed by atoms with Gasteiger partial charge in [0, 0.05) is 25.1 Å². The lowest BCUT2D eigenvalue weighted by Crippen LogP contribution is -2.27. The molecule has 1 aromatic heterocycles. The van der Waals surface area contributed by atoms with Crippen LogP contribution in [0.25, 0.3) is 11.3 Å². The number of carbonyl (C=O) groups is 3. The number of benzene rings is 2. The van der Waals surface area contributed by atoms with E-state index in [1.165, 1.54) is 30.5 Å². The van der Waals surface area contributed by atoms with Crippen molar-refractivity contribution >= 4 is 41.6 Å². The molecule has 1 aliphatic rings. The first-order valence-corrected chi connectivity index (χ1v) is 13.7. The summed E-state index contributed by atoms with van der Waals surface area (Å²) in [5.74, 6) is -2.10. The van der Waals surface area contributed by atoms with Crippen LogP contribution in [-0.4, -0.2) is 40.7 Å². The molecule has 0 radical (unpaired) electrons. The number of aromatic nitrogens is 2. The van der Waals surface area contributed by atoms with Gasteiger partial charge in [0.15, 0.2) is 5.78 Å². The number of hydrogen-bond acceptors (Lipinski definition) is 6. The number of Topliss-reactive ketones (excluding diaryl/α,β-unsaturated/α-hetero) is 1. The van der Waals surface area contributed by atoms with E-state index in [0.29, 0.717) is 22.6 Å². The van der Waals surface area contributed by atoms with Crippen molar-refractivity contribution in [3.63, 3.8) is 0 Å². The number of esters is 1. The monoisotopic (exact) mass is 588 g/mol. The third-order valence-electron chi connectivity index (χ3n) is 6.83. The summed E-state index contributed by atoms with van der Waals surface area (Å²) in [7, 11) is 0. The molecular formula is C32H30ClFN4O4. The summed E-state index contributed by atoms with van der Waals surface area (Å²) in [6.45, 7) is 9.17. The smallest absolute Gasteiger partial charge is 0.343 e. The van der Waals surface area contributed by atoms with Gasteiger partial charge in [0.1, 0.15) is 17.3 Å². The summed E-state index contributed by atoms with van der Waals surface area (Å²) in [4.78, 5) is 43.1. The lowest BCUT2D eigenvalue weighted by atomic mass is 9.91. The fourth-order valence-corrected chi connectivity index (χ4v) is 4.99. The molecule has 0 fully saturated rings. The average Bonchev–Trinajstić information content (AvgIpc) is 3.52. The van der Waals surface area contributed by atoms with E-state index >= 15 is 0 Å². The molecular weight excluding hydrogens is 559 g/mol. The van der Waals surface area contributed by atoms with Crippen LogP contribution in [0.4, 0.5) is 4.39 Å². The van der Waals surface area contributed by atoms with Gasteiger partial charge in [-0.1, -0.05) is 23.8 Å². The van der Waals surface area contributed by atoms with E-state index in [0.717, 1.165) is 16.8 Å². The van der Waals surface area contributed by atoms with Crippen molar-refractivity contribution in [3.8, 4) is 5.69 Å². The standard InChI is InChI=1S/C32H30ClFN4O4/c1-5-6-7-26(35-4)31(40)36-13-12-22-16-27(42-32(41)21-8-10-24(34)11-9-21)29(30(22)39)28-19(2)14-25(15-20(28)3)38-18-23(33)17-37-38/h5-11,14-15,17-18,22H,4,12-13,16H2,1-3H3,(H,36,40)/b6-5-,26-7-. The summed E-state index contributed by atoms with van der Waals surface area (Å²) in [5.41, 5.74) is 3.59. The molecule has 216 valence electrons. The lowest BCUT2D eigenvalue weighted by molar-refractivity contribution is -0.119. The number of ether oxygens (including phenoxy) is 1. The van der Waals surface area contributed by atoms with Crippen molar-refractivity contribution in [2.24, 2.45) is 10.9 Å². The van der Waals surface area contributed by atoms with Crippen molar-refractivity contribution in [3.05, 3.63) is 112 Å². The summed E-state index contributed by atoms with van der Waals surface area (Å²) in [6, 6.07) is 8.74. The van der Waals surface area contributed by atoms with Gasteiger partial charge >= 0.3 is 5.97 Å². The minimum atomic E-state index is -0.696. The quantitative estimate of drug-likeness (QED) is 0.133. The predicted molar refractivity (Wildman–Crippen MR) is 160 cm³/mol. The van der Waals surface area contributed by atoms with Gasteiger partial charge in [-0.15, -0.1) is 0 Å². The molecule has 1 heterocycles. The fraction of sp³-hybridized carbons (Fsp3) is 0.219. The zero-order valence-corrected chi connectivity index (χ0v) is 24.2. The Hall–Kier alpha value is -4.63. The van der Waals surface area contributed by atoms with Gasteiger partial charge in [0.2, 0.25) is 0 Å². The third-order valence-corrected chi connectivity index (χ3v) is 7.03. The van der Waals surface area contributed by atoms with E-state index in [9.17, 15) is 18.8 Å². The van der Waals surface area contributed by atoms with Crippen LogP contribution in [-0.2, 0) is 14.3 Å². The summed E-state index contributed by atoms with van der Waals surface area (Å²) in [6.07, 6.45) is 8.66. The maximum atomic E-state index is 13.9. The number of hydrogen-bond donors (Lipinski definition) is 1. The maximum Gasteiger partial charge on any atom is 0.343 e. The van der Waals surface area contributed by atoms with Crippen molar-refractivity contribution < 1.29 is 23.5 Å². The van der Waals surface area contributed by atoms with Crippen molar-refractivity contribution in [2.45, 2.75) is 33.6 Å². The molecule has 1 N–H and O–H groups in total. The molecule has 2 aromatic carbocycles. The van der Waals surface area contributed by atoms with Gasteiger partial charge in [-0.2, -0.15) is 5.10 Å². The largest absolute Gasteiger partial charge is 0.427 e. The number of rotatable bonds is 10. The van der Waals surface area contributed by atoms with Crippen LogP contribution < -0.4 is 5.32 Å². The number of carbonyl (C=O) groups excluding carboxylic acids is 3. The van der Waals surface area contributed by atoms with E-state index in [4.69, 9.17) is 16.3 Å². The number of nitrogens with zero attached hydrogens (tertiary/aromatic N) is 3. The Morgan fingerprint density at radius 3 is 2.52 bits per heavy atom. The number of halogens is 2. The van der Waals surface area contributed by atoms with Crippen LogP contribution in [0.3, 0.4) is 0 Å². The molecule has 0 saturated heterocycles. The molecule has 4 rings (SSSR count). The molecule has 1 atom stereocenters. The third kappa shape index (κ3) is 6.80.